The molecular formula is C23H25N5O4S. The average Bonchev–Trinajstić information content (AvgIpc) is 3.27. The quantitative estimate of drug-likeness (QED) is 0.561. The van der Waals surface area contributed by atoms with Crippen molar-refractivity contribution < 1.29 is 17.9 Å². The number of pyridine rings is 1. The number of sulfone groups is 1. The van der Waals surface area contributed by atoms with Crippen LogP contribution in [0, 0.1) is 6.92 Å². The smallest absolute Gasteiger partial charge is 0.225 e. The predicted octanol–water partition coefficient (Wildman–Crippen LogP) is 2.77. The number of aryl methyl sites for hydroxylation is 1. The lowest BCUT2D eigenvalue weighted by atomic mass is 10.2. The molecule has 1 aromatic carbocycles. The Kier molecular flexibility index (Phi) is 5.53. The molecule has 2 aliphatic heterocycles. The van der Waals surface area contributed by atoms with Crippen molar-refractivity contribution in [3.05, 3.63) is 54.5 Å². The van der Waals surface area contributed by atoms with Gasteiger partial charge in [0.05, 0.1) is 30.7 Å². The number of fused-ring (bicyclic) bond motifs is 1. The van der Waals surface area contributed by atoms with Gasteiger partial charge in [0.15, 0.2) is 14.9 Å². The molecule has 0 N–H and O–H groups in total. The summed E-state index contributed by atoms with van der Waals surface area (Å²) in [6.45, 7) is 4.47. The number of nitrogens with zero attached hydrogens (tertiary/aromatic N) is 5. The predicted molar refractivity (Wildman–Crippen MR) is 124 cm³/mol. The summed E-state index contributed by atoms with van der Waals surface area (Å²) in [6, 6.07) is 9.45. The molecule has 3 aromatic rings. The summed E-state index contributed by atoms with van der Waals surface area (Å²) in [7, 11) is -3.37. The third kappa shape index (κ3) is 4.43. The highest BCUT2D eigenvalue weighted by molar-refractivity contribution is 7.90. The minimum Gasteiger partial charge on any atom is -0.490 e. The van der Waals surface area contributed by atoms with Crippen LogP contribution in [0.1, 0.15) is 12.0 Å². The van der Waals surface area contributed by atoms with Crippen LogP contribution in [0.2, 0.25) is 0 Å². The van der Waals surface area contributed by atoms with Crippen LogP contribution < -0.4 is 19.3 Å². The molecule has 1 unspecified atom stereocenters. The van der Waals surface area contributed by atoms with E-state index in [4.69, 9.17) is 9.47 Å². The molecule has 0 saturated carbocycles. The molecule has 0 spiro atoms. The molecule has 2 aliphatic rings. The van der Waals surface area contributed by atoms with Gasteiger partial charge in [-0.15, -0.1) is 0 Å². The maximum atomic E-state index is 11.9. The van der Waals surface area contributed by atoms with Crippen LogP contribution in [-0.4, -0.2) is 62.0 Å². The largest absolute Gasteiger partial charge is 0.490 e. The van der Waals surface area contributed by atoms with Crippen molar-refractivity contribution >= 4 is 27.2 Å². The third-order valence-electron chi connectivity index (χ3n) is 5.76. The normalized spacial score (nSPS) is 18.1. The van der Waals surface area contributed by atoms with Crippen LogP contribution in [0.3, 0.4) is 0 Å². The molecule has 9 nitrogen and oxygen atoms in total. The first kappa shape index (κ1) is 21.4. The molecule has 1 saturated heterocycles. The second-order valence-corrected chi connectivity index (χ2v) is 10.2. The Labute approximate surface area is 192 Å². The van der Waals surface area contributed by atoms with E-state index in [-0.39, 0.29) is 11.1 Å². The number of hydrogen-bond acceptors (Lipinski definition) is 9. The number of anilines is 3. The van der Waals surface area contributed by atoms with Crippen molar-refractivity contribution in [2.45, 2.75) is 24.5 Å². The summed E-state index contributed by atoms with van der Waals surface area (Å²) in [4.78, 5) is 17.1. The Hall–Kier alpha value is -3.40. The number of rotatable bonds is 5. The highest BCUT2D eigenvalue weighted by atomic mass is 32.2. The van der Waals surface area contributed by atoms with Crippen molar-refractivity contribution in [3.63, 3.8) is 0 Å². The lowest BCUT2D eigenvalue weighted by molar-refractivity contribution is 0.224. The van der Waals surface area contributed by atoms with Gasteiger partial charge in [-0.05, 0) is 36.8 Å². The van der Waals surface area contributed by atoms with E-state index in [0.717, 1.165) is 42.4 Å². The van der Waals surface area contributed by atoms with Gasteiger partial charge in [-0.25, -0.2) is 23.4 Å². The highest BCUT2D eigenvalue weighted by Crippen LogP contribution is 2.40. The standard InChI is InChI=1S/C23H25N5O4S/c1-16-12-17(14-26-22(16)33(2,29)30)28-10-11-31-21-5-4-18(13-20(21)28)32-19-6-9-27(15-19)23-24-7-3-8-25-23/h3-5,7-8,12-14,19H,6,9-11,15H2,1-2H3. The van der Waals surface area contributed by atoms with Gasteiger partial charge in [-0.3, -0.25) is 0 Å². The summed E-state index contributed by atoms with van der Waals surface area (Å²) < 4.78 is 36.0. The van der Waals surface area contributed by atoms with Crippen LogP contribution >= 0.6 is 0 Å². The second-order valence-electron chi connectivity index (χ2n) is 8.24. The zero-order chi connectivity index (χ0) is 23.0. The Morgan fingerprint density at radius 2 is 1.94 bits per heavy atom. The Morgan fingerprint density at radius 1 is 1.12 bits per heavy atom. The molecule has 0 bridgehead atoms. The summed E-state index contributed by atoms with van der Waals surface area (Å²) in [5.41, 5.74) is 2.30. The van der Waals surface area contributed by atoms with Gasteiger partial charge in [-0.1, -0.05) is 0 Å². The summed E-state index contributed by atoms with van der Waals surface area (Å²) in [5.74, 6) is 2.22. The maximum absolute atomic E-state index is 11.9. The molecule has 0 radical (unpaired) electrons. The van der Waals surface area contributed by atoms with E-state index < -0.39 is 9.84 Å². The molecule has 10 heteroatoms. The third-order valence-corrected chi connectivity index (χ3v) is 6.88. The van der Waals surface area contributed by atoms with Crippen LogP contribution in [-0.2, 0) is 9.84 Å². The fraction of sp³-hybridized carbons (Fsp3) is 0.348. The SMILES string of the molecule is Cc1cc(N2CCOc3ccc(OC4CCN(c5ncccn5)C4)cc32)cnc1S(C)(=O)=O. The molecule has 1 atom stereocenters. The average molecular weight is 468 g/mol. The highest BCUT2D eigenvalue weighted by Gasteiger charge is 2.27. The Morgan fingerprint density at radius 3 is 2.70 bits per heavy atom. The fourth-order valence-electron chi connectivity index (χ4n) is 4.28. The van der Waals surface area contributed by atoms with Gasteiger partial charge in [0.25, 0.3) is 0 Å². The van der Waals surface area contributed by atoms with Gasteiger partial charge in [0, 0.05) is 37.7 Å². The molecule has 5 rings (SSSR count). The summed E-state index contributed by atoms with van der Waals surface area (Å²) in [5, 5.41) is 0.102. The Balaban J connectivity index is 1.36. The summed E-state index contributed by atoms with van der Waals surface area (Å²) >= 11 is 0. The molecule has 1 fully saturated rings. The minimum absolute atomic E-state index is 0.0303. The van der Waals surface area contributed by atoms with Crippen LogP contribution in [0.25, 0.3) is 0 Å². The van der Waals surface area contributed by atoms with Crippen molar-refractivity contribution in [2.75, 3.05) is 42.3 Å². The molecule has 0 aliphatic carbocycles. The Bertz CT molecular complexity index is 1270. The van der Waals surface area contributed by atoms with E-state index in [9.17, 15) is 8.42 Å². The van der Waals surface area contributed by atoms with Crippen LogP contribution in [0.4, 0.5) is 17.3 Å². The van der Waals surface area contributed by atoms with Gasteiger partial charge in [0.1, 0.15) is 24.2 Å². The van der Waals surface area contributed by atoms with E-state index in [1.54, 1.807) is 31.6 Å². The number of aromatic nitrogens is 3. The first-order chi connectivity index (χ1) is 15.9. The molecular weight excluding hydrogens is 442 g/mol. The van der Waals surface area contributed by atoms with Crippen molar-refractivity contribution in [1.29, 1.82) is 0 Å². The van der Waals surface area contributed by atoms with Gasteiger partial charge < -0.3 is 19.3 Å². The first-order valence-electron chi connectivity index (χ1n) is 10.8. The van der Waals surface area contributed by atoms with Gasteiger partial charge in [-0.2, -0.15) is 0 Å². The van der Waals surface area contributed by atoms with E-state index in [0.29, 0.717) is 24.7 Å². The molecule has 33 heavy (non-hydrogen) atoms. The fourth-order valence-corrected chi connectivity index (χ4v) is 5.16. The topological polar surface area (TPSA) is 97.8 Å². The maximum Gasteiger partial charge on any atom is 0.225 e. The lowest BCUT2D eigenvalue weighted by Gasteiger charge is -2.32. The van der Waals surface area contributed by atoms with Crippen molar-refractivity contribution in [1.82, 2.24) is 15.0 Å². The van der Waals surface area contributed by atoms with E-state index >= 15 is 0 Å². The minimum atomic E-state index is -3.37. The van der Waals surface area contributed by atoms with E-state index in [1.807, 2.05) is 24.3 Å². The zero-order valence-corrected chi connectivity index (χ0v) is 19.3. The lowest BCUT2D eigenvalue weighted by Crippen LogP contribution is -2.29. The monoisotopic (exact) mass is 467 g/mol. The van der Waals surface area contributed by atoms with E-state index in [1.165, 1.54) is 6.26 Å². The van der Waals surface area contributed by atoms with Crippen LogP contribution in [0.15, 0.2) is 53.9 Å². The van der Waals surface area contributed by atoms with Gasteiger partial charge >= 0.3 is 0 Å². The number of benzene rings is 1. The molecule has 4 heterocycles. The summed E-state index contributed by atoms with van der Waals surface area (Å²) in [6.07, 6.45) is 7.17. The van der Waals surface area contributed by atoms with Crippen molar-refractivity contribution in [2.24, 2.45) is 0 Å². The van der Waals surface area contributed by atoms with Crippen molar-refractivity contribution in [3.8, 4) is 11.5 Å². The molecule has 2 aromatic heterocycles. The van der Waals surface area contributed by atoms with E-state index in [2.05, 4.69) is 24.8 Å². The molecule has 172 valence electrons. The zero-order valence-electron chi connectivity index (χ0n) is 18.5. The number of ether oxygens (including phenoxy) is 2. The first-order valence-corrected chi connectivity index (χ1v) is 12.7. The molecule has 0 amide bonds. The second kappa shape index (κ2) is 8.51. The number of hydrogen-bond donors (Lipinski definition) is 0. The van der Waals surface area contributed by atoms with Crippen LogP contribution in [0.5, 0.6) is 11.5 Å². The van der Waals surface area contributed by atoms with Gasteiger partial charge in [0.2, 0.25) is 5.95 Å².